The molecule has 1 aliphatic rings. The van der Waals surface area contributed by atoms with E-state index in [1.54, 1.807) is 0 Å². The molecule has 1 aliphatic heterocycles. The fourth-order valence-corrected chi connectivity index (χ4v) is 3.05. The van der Waals surface area contributed by atoms with Gasteiger partial charge in [0.15, 0.2) is 0 Å². The predicted octanol–water partition coefficient (Wildman–Crippen LogP) is -0.540. The monoisotopic (exact) mass is 307 g/mol. The first-order chi connectivity index (χ1) is 10.6. The summed E-state index contributed by atoms with van der Waals surface area (Å²) in [6.45, 7) is 9.80. The number of quaternary nitrogens is 1. The zero-order chi connectivity index (χ0) is 15.9. The molecule has 1 heterocycles. The first-order valence-electron chi connectivity index (χ1n) is 8.42. The molecule has 0 aliphatic carbocycles. The van der Waals surface area contributed by atoms with E-state index in [0.29, 0.717) is 0 Å². The molecule has 5 nitrogen and oxygen atoms in total. The molecule has 1 aromatic carbocycles. The number of hydrogen-bond acceptors (Lipinski definition) is 4. The Labute approximate surface area is 134 Å². The number of nitrogen functional groups attached to an aromatic ring is 1. The van der Waals surface area contributed by atoms with E-state index in [9.17, 15) is 0 Å². The summed E-state index contributed by atoms with van der Waals surface area (Å²) in [5.74, 6) is 0. The van der Waals surface area contributed by atoms with Crippen LogP contribution in [-0.2, 0) is 6.42 Å². The first-order valence-corrected chi connectivity index (χ1v) is 8.42. The van der Waals surface area contributed by atoms with E-state index in [0.717, 1.165) is 57.9 Å². The number of nitrogens with zero attached hydrogens (tertiary/aromatic N) is 2. The van der Waals surface area contributed by atoms with E-state index < -0.39 is 0 Å². The zero-order valence-corrected chi connectivity index (χ0v) is 14.0. The topological polar surface area (TPSA) is 57.2 Å². The molecule has 0 spiro atoms. The Morgan fingerprint density at radius 1 is 1.32 bits per heavy atom. The number of aliphatic hydroxyl groups is 1. The van der Waals surface area contributed by atoms with Crippen LogP contribution in [-0.4, -0.2) is 69.5 Å². The summed E-state index contributed by atoms with van der Waals surface area (Å²) in [5, 5.41) is 8.97. The average molecular weight is 307 g/mol. The molecule has 1 atom stereocenters. The lowest BCUT2D eigenvalue weighted by molar-refractivity contribution is -0.879. The van der Waals surface area contributed by atoms with Crippen LogP contribution in [0.2, 0.25) is 0 Å². The fourth-order valence-electron chi connectivity index (χ4n) is 3.05. The van der Waals surface area contributed by atoms with Gasteiger partial charge in [-0.1, -0.05) is 13.0 Å². The van der Waals surface area contributed by atoms with Crippen molar-refractivity contribution in [3.63, 3.8) is 0 Å². The van der Waals surface area contributed by atoms with Gasteiger partial charge in [-0.2, -0.15) is 0 Å². The number of anilines is 2. The van der Waals surface area contributed by atoms with Gasteiger partial charge >= 0.3 is 0 Å². The molecule has 124 valence electrons. The summed E-state index contributed by atoms with van der Waals surface area (Å²) in [7, 11) is 2.14. The molecule has 1 unspecified atom stereocenters. The maximum Gasteiger partial charge on any atom is 0.100 e. The molecule has 0 bridgehead atoms. The average Bonchev–Trinajstić information content (AvgIpc) is 2.90. The Bertz CT molecular complexity index is 466. The minimum Gasteiger partial charge on any atom is -0.399 e. The van der Waals surface area contributed by atoms with Gasteiger partial charge in [0.25, 0.3) is 0 Å². The molecule has 0 saturated carbocycles. The normalized spacial score (nSPS) is 15.4. The van der Waals surface area contributed by atoms with Crippen molar-refractivity contribution < 1.29 is 10.0 Å². The maximum atomic E-state index is 8.97. The van der Waals surface area contributed by atoms with Crippen LogP contribution < -0.4 is 15.5 Å². The Morgan fingerprint density at radius 2 is 2.14 bits per heavy atom. The van der Waals surface area contributed by atoms with Crippen molar-refractivity contribution in [1.29, 1.82) is 0 Å². The molecule has 0 fully saturated rings. The highest BCUT2D eigenvalue weighted by molar-refractivity contribution is 5.64. The minimum atomic E-state index is 0.268. The highest BCUT2D eigenvalue weighted by Crippen LogP contribution is 2.29. The van der Waals surface area contributed by atoms with Crippen LogP contribution in [0, 0.1) is 0 Å². The molecule has 22 heavy (non-hydrogen) atoms. The van der Waals surface area contributed by atoms with E-state index >= 15 is 0 Å². The van der Waals surface area contributed by atoms with Gasteiger partial charge in [0, 0.05) is 37.6 Å². The third kappa shape index (κ3) is 4.60. The van der Waals surface area contributed by atoms with Crippen molar-refractivity contribution in [3.05, 3.63) is 23.8 Å². The number of likely N-dealkylation sites (N-methyl/N-ethyl adjacent to an activating group) is 2. The van der Waals surface area contributed by atoms with Crippen LogP contribution in [0.1, 0.15) is 12.5 Å². The predicted molar refractivity (Wildman–Crippen MR) is 92.6 cm³/mol. The summed E-state index contributed by atoms with van der Waals surface area (Å²) >= 11 is 0. The van der Waals surface area contributed by atoms with Crippen molar-refractivity contribution >= 4 is 11.4 Å². The largest absolute Gasteiger partial charge is 0.399 e. The SMILES string of the molecule is CCN(CCN1CCc2ccc(N)cc21)CC[NH+](C)CCO. The van der Waals surface area contributed by atoms with Crippen molar-refractivity contribution in [2.45, 2.75) is 13.3 Å². The van der Waals surface area contributed by atoms with Crippen LogP contribution in [0.4, 0.5) is 11.4 Å². The highest BCUT2D eigenvalue weighted by atomic mass is 16.3. The highest BCUT2D eigenvalue weighted by Gasteiger charge is 2.19. The number of hydrogen-bond donors (Lipinski definition) is 3. The van der Waals surface area contributed by atoms with Gasteiger partial charge in [-0.05, 0) is 30.7 Å². The second-order valence-electron chi connectivity index (χ2n) is 6.24. The number of nitrogens with two attached hydrogens (primary N) is 1. The molecule has 4 N–H and O–H groups in total. The summed E-state index contributed by atoms with van der Waals surface area (Å²) in [4.78, 5) is 6.34. The number of rotatable bonds is 9. The lowest BCUT2D eigenvalue weighted by atomic mass is 10.1. The Hall–Kier alpha value is -1.30. The second-order valence-corrected chi connectivity index (χ2v) is 6.24. The quantitative estimate of drug-likeness (QED) is 0.537. The fraction of sp³-hybridized carbons (Fsp3) is 0.647. The van der Waals surface area contributed by atoms with Crippen LogP contribution in [0.3, 0.4) is 0 Å². The standard InChI is InChI=1S/C17H30N4O/c1-3-20(9-8-19(2)12-13-22)10-11-21-7-6-15-4-5-16(18)14-17(15)21/h4-5,14,22H,3,6-13,18H2,1-2H3/p+1. The summed E-state index contributed by atoms with van der Waals surface area (Å²) in [5.41, 5.74) is 9.52. The molecule has 0 aromatic heterocycles. The molecule has 5 heteroatoms. The van der Waals surface area contributed by atoms with E-state index in [-0.39, 0.29) is 6.61 Å². The number of aliphatic hydroxyl groups excluding tert-OH is 1. The van der Waals surface area contributed by atoms with Crippen LogP contribution >= 0.6 is 0 Å². The van der Waals surface area contributed by atoms with Gasteiger partial charge < -0.3 is 20.6 Å². The van der Waals surface area contributed by atoms with E-state index in [1.807, 2.05) is 6.07 Å². The van der Waals surface area contributed by atoms with Crippen molar-refractivity contribution in [2.75, 3.05) is 70.1 Å². The maximum absolute atomic E-state index is 8.97. The molecule has 0 saturated heterocycles. The van der Waals surface area contributed by atoms with Crippen molar-refractivity contribution in [3.8, 4) is 0 Å². The van der Waals surface area contributed by atoms with Crippen LogP contribution in [0.15, 0.2) is 18.2 Å². The Kier molecular flexibility index (Phi) is 6.49. The van der Waals surface area contributed by atoms with Crippen LogP contribution in [0.5, 0.6) is 0 Å². The third-order valence-corrected chi connectivity index (χ3v) is 4.63. The summed E-state index contributed by atoms with van der Waals surface area (Å²) in [6, 6.07) is 6.27. The van der Waals surface area contributed by atoms with Gasteiger partial charge in [0.1, 0.15) is 6.54 Å². The number of fused-ring (bicyclic) bond motifs is 1. The van der Waals surface area contributed by atoms with Gasteiger partial charge in [0.05, 0.1) is 20.2 Å². The lowest BCUT2D eigenvalue weighted by Crippen LogP contribution is -3.10. The van der Waals surface area contributed by atoms with E-state index in [4.69, 9.17) is 10.8 Å². The molecule has 1 aromatic rings. The Balaban J connectivity index is 1.81. The summed E-state index contributed by atoms with van der Waals surface area (Å²) < 4.78 is 0. The van der Waals surface area contributed by atoms with E-state index in [2.05, 4.69) is 35.9 Å². The van der Waals surface area contributed by atoms with Gasteiger partial charge in [-0.15, -0.1) is 0 Å². The summed E-state index contributed by atoms with van der Waals surface area (Å²) in [6.07, 6.45) is 1.13. The second kappa shape index (κ2) is 8.36. The van der Waals surface area contributed by atoms with Gasteiger partial charge in [-0.3, -0.25) is 4.90 Å². The van der Waals surface area contributed by atoms with E-state index in [1.165, 1.54) is 16.2 Å². The third-order valence-electron chi connectivity index (χ3n) is 4.63. The zero-order valence-electron chi connectivity index (χ0n) is 14.0. The lowest BCUT2D eigenvalue weighted by Gasteiger charge is -2.26. The number of benzene rings is 1. The van der Waals surface area contributed by atoms with Gasteiger partial charge in [0.2, 0.25) is 0 Å². The Morgan fingerprint density at radius 3 is 2.86 bits per heavy atom. The minimum absolute atomic E-state index is 0.268. The molecule has 0 amide bonds. The number of nitrogens with one attached hydrogen (secondary N) is 1. The van der Waals surface area contributed by atoms with Crippen molar-refractivity contribution in [2.24, 2.45) is 0 Å². The molecular formula is C17H31N4O+. The molecule has 2 rings (SSSR count). The molecule has 0 radical (unpaired) electrons. The van der Waals surface area contributed by atoms with Crippen LogP contribution in [0.25, 0.3) is 0 Å². The first kappa shape index (κ1) is 17.1. The smallest absolute Gasteiger partial charge is 0.100 e. The van der Waals surface area contributed by atoms with Gasteiger partial charge in [-0.25, -0.2) is 0 Å². The molecular weight excluding hydrogens is 276 g/mol. The van der Waals surface area contributed by atoms with Crippen molar-refractivity contribution in [1.82, 2.24) is 4.90 Å².